The minimum atomic E-state index is -3.53. The average molecular weight is 368 g/mol. The van der Waals surface area contributed by atoms with E-state index in [2.05, 4.69) is 15.9 Å². The predicted octanol–water partition coefficient (Wildman–Crippen LogP) is 2.08. The summed E-state index contributed by atoms with van der Waals surface area (Å²) in [6.45, 7) is 0.638. The number of halogens is 1. The van der Waals surface area contributed by atoms with Crippen LogP contribution in [-0.2, 0) is 19.6 Å². The van der Waals surface area contributed by atoms with Crippen molar-refractivity contribution in [2.24, 2.45) is 5.92 Å². The highest BCUT2D eigenvalue weighted by Crippen LogP contribution is 2.32. The van der Waals surface area contributed by atoms with Gasteiger partial charge in [0.2, 0.25) is 0 Å². The fraction of sp³-hybridized carbons (Fsp3) is 0.545. The first-order valence-electron chi connectivity index (χ1n) is 5.77. The van der Waals surface area contributed by atoms with E-state index in [-0.39, 0.29) is 22.6 Å². The number of ether oxygens (including phenoxy) is 1. The molecule has 0 spiro atoms. The second-order valence-electron chi connectivity index (χ2n) is 4.28. The first-order valence-corrected chi connectivity index (χ1v) is 8.89. The maximum Gasteiger partial charge on any atom is 0.309 e. The van der Waals surface area contributed by atoms with Crippen LogP contribution >= 0.6 is 27.3 Å². The van der Waals surface area contributed by atoms with Gasteiger partial charge >= 0.3 is 5.97 Å². The van der Waals surface area contributed by atoms with Crippen molar-refractivity contribution in [1.29, 1.82) is 0 Å². The number of hydrogen-bond donors (Lipinski definition) is 0. The highest BCUT2D eigenvalue weighted by molar-refractivity contribution is 9.10. The Bertz CT molecular complexity index is 569. The summed E-state index contributed by atoms with van der Waals surface area (Å²) in [7, 11) is -2.20. The molecule has 0 N–H and O–H groups in total. The molecule has 106 valence electrons. The van der Waals surface area contributed by atoms with Crippen LogP contribution in [0.3, 0.4) is 0 Å². The molecule has 2 heterocycles. The Balaban J connectivity index is 2.22. The van der Waals surface area contributed by atoms with Gasteiger partial charge < -0.3 is 4.74 Å². The number of carbonyl (C=O) groups excluding carboxylic acids is 1. The van der Waals surface area contributed by atoms with Gasteiger partial charge in [-0.2, -0.15) is 4.31 Å². The van der Waals surface area contributed by atoms with Crippen molar-refractivity contribution in [2.75, 3.05) is 20.2 Å². The molecule has 2 rings (SSSR count). The van der Waals surface area contributed by atoms with Crippen molar-refractivity contribution < 1.29 is 17.9 Å². The summed E-state index contributed by atoms with van der Waals surface area (Å²) >= 11 is 4.41. The van der Waals surface area contributed by atoms with Crippen LogP contribution in [0.5, 0.6) is 0 Å². The van der Waals surface area contributed by atoms with Gasteiger partial charge in [-0.3, -0.25) is 4.79 Å². The normalized spacial score (nSPS) is 21.3. The number of piperidine rings is 1. The number of rotatable bonds is 3. The summed E-state index contributed by atoms with van der Waals surface area (Å²) in [6.07, 6.45) is 1.34. The van der Waals surface area contributed by atoms with Crippen LogP contribution in [0, 0.1) is 5.92 Å². The van der Waals surface area contributed by atoms with Crippen molar-refractivity contribution in [3.63, 3.8) is 0 Å². The van der Waals surface area contributed by atoms with Crippen LogP contribution < -0.4 is 0 Å². The smallest absolute Gasteiger partial charge is 0.309 e. The molecule has 0 amide bonds. The van der Waals surface area contributed by atoms with E-state index in [1.165, 1.54) is 22.8 Å². The van der Waals surface area contributed by atoms with Gasteiger partial charge in [-0.15, -0.1) is 11.3 Å². The Morgan fingerprint density at radius 1 is 1.58 bits per heavy atom. The second-order valence-corrected chi connectivity index (χ2v) is 8.19. The Morgan fingerprint density at radius 2 is 2.32 bits per heavy atom. The lowest BCUT2D eigenvalue weighted by Gasteiger charge is -2.30. The summed E-state index contributed by atoms with van der Waals surface area (Å²) in [5.41, 5.74) is 0. The minimum absolute atomic E-state index is 0.194. The maximum absolute atomic E-state index is 12.5. The van der Waals surface area contributed by atoms with Crippen LogP contribution in [0.15, 0.2) is 20.1 Å². The SMILES string of the molecule is COC(=O)C1CCCN(S(=O)(=O)c2sccc2Br)C1. The van der Waals surface area contributed by atoms with Gasteiger partial charge in [0, 0.05) is 17.6 Å². The molecular weight excluding hydrogens is 354 g/mol. The maximum atomic E-state index is 12.5. The lowest BCUT2D eigenvalue weighted by molar-refractivity contribution is -0.146. The van der Waals surface area contributed by atoms with E-state index in [0.717, 1.165) is 0 Å². The van der Waals surface area contributed by atoms with Gasteiger partial charge in [0.25, 0.3) is 10.0 Å². The molecular formula is C11H14BrNO4S2. The van der Waals surface area contributed by atoms with Gasteiger partial charge in [0.1, 0.15) is 4.21 Å². The third kappa shape index (κ3) is 3.01. The van der Waals surface area contributed by atoms with Crippen molar-refractivity contribution in [2.45, 2.75) is 17.1 Å². The molecule has 1 saturated heterocycles. The lowest BCUT2D eigenvalue weighted by atomic mass is 10.0. The summed E-state index contributed by atoms with van der Waals surface area (Å²) in [5, 5.41) is 1.72. The lowest BCUT2D eigenvalue weighted by Crippen LogP contribution is -2.42. The summed E-state index contributed by atoms with van der Waals surface area (Å²) in [6, 6.07) is 1.71. The van der Waals surface area contributed by atoms with Gasteiger partial charge in [-0.1, -0.05) is 0 Å². The van der Waals surface area contributed by atoms with E-state index in [1.807, 2.05) is 0 Å². The second kappa shape index (κ2) is 5.90. The molecule has 0 aromatic carbocycles. The van der Waals surface area contributed by atoms with Crippen LogP contribution in [0.2, 0.25) is 0 Å². The van der Waals surface area contributed by atoms with E-state index in [9.17, 15) is 13.2 Å². The first-order chi connectivity index (χ1) is 8.96. The largest absolute Gasteiger partial charge is 0.469 e. The number of hydrogen-bond acceptors (Lipinski definition) is 5. The molecule has 1 aromatic rings. The van der Waals surface area contributed by atoms with Crippen LogP contribution in [0.25, 0.3) is 0 Å². The molecule has 0 saturated carbocycles. The van der Waals surface area contributed by atoms with Crippen LogP contribution in [0.1, 0.15) is 12.8 Å². The monoisotopic (exact) mass is 367 g/mol. The highest BCUT2D eigenvalue weighted by atomic mass is 79.9. The Kier molecular flexibility index (Phi) is 4.65. The molecule has 1 aliphatic rings. The zero-order valence-corrected chi connectivity index (χ0v) is 13.6. The topological polar surface area (TPSA) is 63.7 Å². The van der Waals surface area contributed by atoms with E-state index < -0.39 is 10.0 Å². The van der Waals surface area contributed by atoms with Crippen LogP contribution in [-0.4, -0.2) is 38.9 Å². The fourth-order valence-corrected chi connectivity index (χ4v) is 6.07. The summed E-state index contributed by atoms with van der Waals surface area (Å²) in [4.78, 5) is 11.5. The molecule has 0 radical (unpaired) electrons. The Labute approximate surface area is 124 Å². The molecule has 0 bridgehead atoms. The number of thiophene rings is 1. The van der Waals surface area contributed by atoms with E-state index >= 15 is 0 Å². The van der Waals surface area contributed by atoms with Crippen molar-refractivity contribution in [3.05, 3.63) is 15.9 Å². The molecule has 1 unspecified atom stereocenters. The average Bonchev–Trinajstić information content (AvgIpc) is 2.85. The van der Waals surface area contributed by atoms with Gasteiger partial charge in [-0.05, 0) is 40.2 Å². The zero-order chi connectivity index (χ0) is 14.0. The van der Waals surface area contributed by atoms with Crippen molar-refractivity contribution >= 4 is 43.3 Å². The molecule has 19 heavy (non-hydrogen) atoms. The van der Waals surface area contributed by atoms with Crippen molar-refractivity contribution in [3.8, 4) is 0 Å². The molecule has 1 aromatic heterocycles. The first kappa shape index (κ1) is 15.0. The quantitative estimate of drug-likeness (QED) is 0.767. The molecule has 1 atom stereocenters. The fourth-order valence-electron chi connectivity index (χ4n) is 2.10. The van der Waals surface area contributed by atoms with Crippen LogP contribution in [0.4, 0.5) is 0 Å². The van der Waals surface area contributed by atoms with E-state index in [1.54, 1.807) is 11.4 Å². The third-order valence-electron chi connectivity index (χ3n) is 3.08. The number of nitrogens with zero attached hydrogens (tertiary/aromatic N) is 1. The van der Waals surface area contributed by atoms with Crippen molar-refractivity contribution in [1.82, 2.24) is 4.31 Å². The highest BCUT2D eigenvalue weighted by Gasteiger charge is 2.35. The van der Waals surface area contributed by atoms with E-state index in [4.69, 9.17) is 4.74 Å². The molecule has 1 fully saturated rings. The molecule has 0 aliphatic carbocycles. The van der Waals surface area contributed by atoms with Gasteiger partial charge in [-0.25, -0.2) is 8.42 Å². The number of esters is 1. The minimum Gasteiger partial charge on any atom is -0.469 e. The van der Waals surface area contributed by atoms with Gasteiger partial charge in [0.15, 0.2) is 0 Å². The number of carbonyl (C=O) groups is 1. The summed E-state index contributed by atoms with van der Waals surface area (Å²) < 4.78 is 31.9. The molecule has 1 aliphatic heterocycles. The molecule has 8 heteroatoms. The molecule has 5 nitrogen and oxygen atoms in total. The van der Waals surface area contributed by atoms with Gasteiger partial charge in [0.05, 0.1) is 13.0 Å². The zero-order valence-electron chi connectivity index (χ0n) is 10.3. The third-order valence-corrected chi connectivity index (χ3v) is 7.59. The Morgan fingerprint density at radius 3 is 2.89 bits per heavy atom. The Hall–Kier alpha value is -0.440. The number of methoxy groups -OCH3 is 1. The standard InChI is InChI=1S/C11H14BrNO4S2/c1-17-10(14)8-3-2-5-13(7-8)19(15,16)11-9(12)4-6-18-11/h4,6,8H,2-3,5,7H2,1H3. The van der Waals surface area contributed by atoms with E-state index in [0.29, 0.717) is 23.9 Å². The number of sulfonamides is 1. The summed E-state index contributed by atoms with van der Waals surface area (Å²) in [5.74, 6) is -0.711. The predicted molar refractivity (Wildman–Crippen MR) is 75.5 cm³/mol.